The number of allylic oxidation sites excluding steroid dienone is 1. The number of para-hydroxylation sites is 1. The molecule has 176 valence electrons. The van der Waals surface area contributed by atoms with E-state index < -0.39 is 29.7 Å². The molecule has 0 saturated heterocycles. The van der Waals surface area contributed by atoms with Gasteiger partial charge in [-0.15, -0.1) is 11.8 Å². The molecule has 0 aliphatic carbocycles. The van der Waals surface area contributed by atoms with Gasteiger partial charge in [0.25, 0.3) is 0 Å². The van der Waals surface area contributed by atoms with Crippen LogP contribution in [0.5, 0.6) is 5.75 Å². The van der Waals surface area contributed by atoms with Gasteiger partial charge in [0.05, 0.1) is 48.1 Å². The van der Waals surface area contributed by atoms with Crippen molar-refractivity contribution in [3.63, 3.8) is 0 Å². The predicted octanol–water partition coefficient (Wildman–Crippen LogP) is 3.68. The number of halogens is 1. The molecule has 0 radical (unpaired) electrons. The number of ether oxygens (including phenoxy) is 3. The zero-order valence-electron chi connectivity index (χ0n) is 18.4. The van der Waals surface area contributed by atoms with Crippen LogP contribution in [-0.4, -0.2) is 44.4 Å². The van der Waals surface area contributed by atoms with Gasteiger partial charge in [0.1, 0.15) is 11.7 Å². The number of rotatable bonds is 8. The summed E-state index contributed by atoms with van der Waals surface area (Å²) >= 11 is 7.31. The number of carbonyl (C=O) groups is 3. The summed E-state index contributed by atoms with van der Waals surface area (Å²) in [6.45, 7) is 0.269. The summed E-state index contributed by atoms with van der Waals surface area (Å²) in [6.07, 6.45) is 0. The van der Waals surface area contributed by atoms with Gasteiger partial charge in [-0.25, -0.2) is 4.79 Å². The Balaban J connectivity index is 1.87. The highest BCUT2D eigenvalue weighted by Gasteiger charge is 2.44. The van der Waals surface area contributed by atoms with Gasteiger partial charge in [0.2, 0.25) is 5.91 Å². The third-order valence-corrected chi connectivity index (χ3v) is 6.39. The lowest BCUT2D eigenvalue weighted by Crippen LogP contribution is -2.44. The summed E-state index contributed by atoms with van der Waals surface area (Å²) in [4.78, 5) is 37.1. The summed E-state index contributed by atoms with van der Waals surface area (Å²) in [5.41, 5.74) is 1.03. The fourth-order valence-electron chi connectivity index (χ4n) is 3.48. The summed E-state index contributed by atoms with van der Waals surface area (Å²) < 4.78 is 15.2. The Morgan fingerprint density at radius 3 is 2.44 bits per heavy atom. The van der Waals surface area contributed by atoms with E-state index in [1.54, 1.807) is 36.4 Å². The van der Waals surface area contributed by atoms with Crippen molar-refractivity contribution in [2.24, 2.45) is 5.92 Å². The van der Waals surface area contributed by atoms with Crippen LogP contribution in [0.2, 0.25) is 5.02 Å². The first-order valence-electron chi connectivity index (χ1n) is 10.1. The van der Waals surface area contributed by atoms with Crippen LogP contribution >= 0.6 is 23.4 Å². The first-order chi connectivity index (χ1) is 16.4. The van der Waals surface area contributed by atoms with Crippen LogP contribution in [0, 0.1) is 17.2 Å². The van der Waals surface area contributed by atoms with Crippen molar-refractivity contribution in [1.29, 1.82) is 5.26 Å². The third kappa shape index (κ3) is 5.53. The highest BCUT2D eigenvalue weighted by atomic mass is 35.5. The summed E-state index contributed by atoms with van der Waals surface area (Å²) in [5.74, 6) is -3.08. The Bertz CT molecular complexity index is 1160. The maximum Gasteiger partial charge on any atom is 0.337 e. The first-order valence-corrected chi connectivity index (χ1v) is 11.5. The van der Waals surface area contributed by atoms with Crippen LogP contribution < -0.4 is 10.1 Å². The molecule has 34 heavy (non-hydrogen) atoms. The quantitative estimate of drug-likeness (QED) is 0.331. The fourth-order valence-corrected chi connectivity index (χ4v) is 4.54. The summed E-state index contributed by atoms with van der Waals surface area (Å²) in [5, 5.41) is 13.4. The van der Waals surface area contributed by atoms with E-state index in [-0.39, 0.29) is 12.2 Å². The molecule has 0 bridgehead atoms. The smallest absolute Gasteiger partial charge is 0.337 e. The number of thioether (sulfide) groups is 1. The van der Waals surface area contributed by atoms with Gasteiger partial charge in [-0.3, -0.25) is 9.59 Å². The second-order valence-corrected chi connectivity index (χ2v) is 8.58. The van der Waals surface area contributed by atoms with E-state index in [9.17, 15) is 19.6 Å². The number of nitrogens with zero attached hydrogens (tertiary/aromatic N) is 1. The van der Waals surface area contributed by atoms with E-state index in [0.717, 1.165) is 0 Å². The lowest BCUT2D eigenvalue weighted by atomic mass is 9.78. The number of hydrogen-bond donors (Lipinski definition) is 1. The van der Waals surface area contributed by atoms with Crippen LogP contribution in [0.4, 0.5) is 0 Å². The molecule has 0 aromatic heterocycles. The minimum atomic E-state index is -1.26. The van der Waals surface area contributed by atoms with E-state index in [0.29, 0.717) is 32.7 Å². The van der Waals surface area contributed by atoms with Crippen molar-refractivity contribution in [3.05, 3.63) is 75.3 Å². The molecule has 0 fully saturated rings. The van der Waals surface area contributed by atoms with Crippen molar-refractivity contribution < 1.29 is 28.6 Å². The van der Waals surface area contributed by atoms with Crippen LogP contribution in [0.25, 0.3) is 0 Å². The van der Waals surface area contributed by atoms with Crippen molar-refractivity contribution in [2.75, 3.05) is 26.6 Å². The molecule has 1 amide bonds. The minimum absolute atomic E-state index is 0.212. The van der Waals surface area contributed by atoms with Crippen LogP contribution in [0.15, 0.2) is 59.1 Å². The number of esters is 2. The fraction of sp³-hybridized carbons (Fsp3) is 0.250. The first kappa shape index (κ1) is 25.1. The van der Waals surface area contributed by atoms with Gasteiger partial charge >= 0.3 is 11.9 Å². The largest absolute Gasteiger partial charge is 0.491 e. The maximum absolute atomic E-state index is 12.9. The Kier molecular flexibility index (Phi) is 8.57. The summed E-state index contributed by atoms with van der Waals surface area (Å²) in [7, 11) is 2.45. The van der Waals surface area contributed by atoms with Gasteiger partial charge < -0.3 is 19.5 Å². The molecule has 1 N–H and O–H groups in total. The number of hydrogen-bond acceptors (Lipinski definition) is 8. The molecule has 2 aromatic carbocycles. The zero-order valence-corrected chi connectivity index (χ0v) is 19.9. The molecular weight excluding hydrogens is 480 g/mol. The zero-order chi connectivity index (χ0) is 24.7. The Morgan fingerprint density at radius 2 is 1.82 bits per heavy atom. The molecule has 1 heterocycles. The standard InChI is InChI=1S/C24H21ClN2O6S/c1-31-23(29)15-9-7-14(8-10-15)19-16(13-26)22(27-21(28)20(19)24(30)32-2)34-12-11-33-18-6-4-3-5-17(18)25/h3-10,19-20H,11-12H2,1-2H3,(H,27,28)/t19-,20+/m0/s1. The number of benzene rings is 2. The van der Waals surface area contributed by atoms with Gasteiger partial charge in [0.15, 0.2) is 0 Å². The second-order valence-electron chi connectivity index (χ2n) is 7.06. The number of amides is 1. The van der Waals surface area contributed by atoms with E-state index in [1.165, 1.54) is 38.1 Å². The van der Waals surface area contributed by atoms with Crippen molar-refractivity contribution in [1.82, 2.24) is 5.32 Å². The van der Waals surface area contributed by atoms with Crippen molar-refractivity contribution in [2.45, 2.75) is 5.92 Å². The molecule has 10 heteroatoms. The molecule has 0 unspecified atom stereocenters. The Hall–Kier alpha value is -3.48. The Morgan fingerprint density at radius 1 is 1.12 bits per heavy atom. The van der Waals surface area contributed by atoms with Gasteiger partial charge in [-0.05, 0) is 29.8 Å². The SMILES string of the molecule is COC(=O)c1ccc([C@H]2C(C#N)=C(SCCOc3ccccc3Cl)NC(=O)[C@@H]2C(=O)OC)cc1. The number of nitrogens with one attached hydrogen (secondary N) is 1. The normalized spacial score (nSPS) is 17.4. The average molecular weight is 501 g/mol. The monoisotopic (exact) mass is 500 g/mol. The molecule has 0 spiro atoms. The summed E-state index contributed by atoms with van der Waals surface area (Å²) in [6, 6.07) is 15.4. The molecule has 3 rings (SSSR count). The minimum Gasteiger partial charge on any atom is -0.491 e. The van der Waals surface area contributed by atoms with Crippen molar-refractivity contribution >= 4 is 41.2 Å². The van der Waals surface area contributed by atoms with Gasteiger partial charge in [0, 0.05) is 11.7 Å². The van der Waals surface area contributed by atoms with E-state index in [4.69, 9.17) is 25.8 Å². The molecule has 0 saturated carbocycles. The number of carbonyl (C=O) groups excluding carboxylic acids is 3. The molecular formula is C24H21ClN2O6S. The van der Waals surface area contributed by atoms with Crippen molar-refractivity contribution in [3.8, 4) is 11.8 Å². The molecule has 2 atom stereocenters. The predicted molar refractivity (Wildman–Crippen MR) is 126 cm³/mol. The third-order valence-electron chi connectivity index (χ3n) is 5.10. The van der Waals surface area contributed by atoms with Crippen LogP contribution in [0.1, 0.15) is 21.8 Å². The average Bonchev–Trinajstić information content (AvgIpc) is 2.86. The number of methoxy groups -OCH3 is 2. The van der Waals surface area contributed by atoms with E-state index in [1.807, 2.05) is 0 Å². The van der Waals surface area contributed by atoms with Crippen LogP contribution in [0.3, 0.4) is 0 Å². The van der Waals surface area contributed by atoms with Gasteiger partial charge in [-0.1, -0.05) is 35.9 Å². The van der Waals surface area contributed by atoms with E-state index in [2.05, 4.69) is 11.4 Å². The van der Waals surface area contributed by atoms with Gasteiger partial charge in [-0.2, -0.15) is 5.26 Å². The topological polar surface area (TPSA) is 115 Å². The van der Waals surface area contributed by atoms with E-state index >= 15 is 0 Å². The lowest BCUT2D eigenvalue weighted by Gasteiger charge is -2.31. The highest BCUT2D eigenvalue weighted by molar-refractivity contribution is 8.03. The highest BCUT2D eigenvalue weighted by Crippen LogP contribution is 2.40. The maximum atomic E-state index is 12.9. The molecule has 1 aliphatic heterocycles. The Labute approximate surface area is 205 Å². The second kappa shape index (κ2) is 11.6. The molecule has 1 aliphatic rings. The molecule has 8 nitrogen and oxygen atoms in total. The lowest BCUT2D eigenvalue weighted by molar-refractivity contribution is -0.150. The molecule has 2 aromatic rings. The van der Waals surface area contributed by atoms with Crippen LogP contribution in [-0.2, 0) is 19.1 Å². The number of nitriles is 1.